The molecular weight excluding hydrogens is 537 g/mol. The van der Waals surface area contributed by atoms with E-state index in [4.69, 9.17) is 0 Å². The number of carbonyl (C=O) groups excluding carboxylic acids is 1. The highest BCUT2D eigenvalue weighted by Crippen LogP contribution is 2.20. The minimum Gasteiger partial charge on any atom is -0.354 e. The SMILES string of the molecule is CCCCNC(=O)c1ccc(CNC(=NC)NC2CCN(Cc3ccccc3)C(C)C2)cc1.I. The first kappa shape index (κ1) is 28.1. The molecule has 0 radical (unpaired) electrons. The summed E-state index contributed by atoms with van der Waals surface area (Å²) in [5, 5.41) is 9.97. The Labute approximate surface area is 222 Å². The molecule has 0 spiro atoms. The fraction of sp³-hybridized carbons (Fsp3) is 0.481. The number of hydrogen-bond donors (Lipinski definition) is 3. The maximum Gasteiger partial charge on any atom is 0.251 e. The highest BCUT2D eigenvalue weighted by atomic mass is 127. The molecule has 1 amide bonds. The van der Waals surface area contributed by atoms with Gasteiger partial charge in [0.15, 0.2) is 5.96 Å². The molecule has 3 rings (SSSR count). The first-order chi connectivity index (χ1) is 16.1. The number of hydrogen-bond acceptors (Lipinski definition) is 3. The summed E-state index contributed by atoms with van der Waals surface area (Å²) < 4.78 is 0. The van der Waals surface area contributed by atoms with Crippen LogP contribution >= 0.6 is 24.0 Å². The number of amides is 1. The number of aliphatic imine (C=N–C) groups is 1. The van der Waals surface area contributed by atoms with Gasteiger partial charge in [0, 0.05) is 50.9 Å². The summed E-state index contributed by atoms with van der Waals surface area (Å²) in [4.78, 5) is 19.1. The number of unbranched alkanes of at least 4 members (excludes halogenated alkanes) is 1. The van der Waals surface area contributed by atoms with Crippen molar-refractivity contribution in [2.24, 2.45) is 4.99 Å². The normalized spacial score (nSPS) is 18.6. The summed E-state index contributed by atoms with van der Waals surface area (Å²) in [6.07, 6.45) is 4.27. The monoisotopic (exact) mass is 577 g/mol. The second kappa shape index (κ2) is 15.0. The molecule has 34 heavy (non-hydrogen) atoms. The van der Waals surface area contributed by atoms with Crippen LogP contribution in [0.2, 0.25) is 0 Å². The number of rotatable bonds is 9. The highest BCUT2D eigenvalue weighted by Gasteiger charge is 2.25. The zero-order chi connectivity index (χ0) is 23.5. The van der Waals surface area contributed by atoms with Gasteiger partial charge >= 0.3 is 0 Å². The van der Waals surface area contributed by atoms with E-state index in [9.17, 15) is 4.79 Å². The van der Waals surface area contributed by atoms with Crippen LogP contribution in [0.1, 0.15) is 61.0 Å². The van der Waals surface area contributed by atoms with Gasteiger partial charge in [-0.25, -0.2) is 0 Å². The third-order valence-corrected chi connectivity index (χ3v) is 6.30. The second-order valence-electron chi connectivity index (χ2n) is 8.90. The Balaban J connectivity index is 0.00000408. The summed E-state index contributed by atoms with van der Waals surface area (Å²) >= 11 is 0. The first-order valence-corrected chi connectivity index (χ1v) is 12.2. The van der Waals surface area contributed by atoms with Crippen LogP contribution < -0.4 is 16.0 Å². The third-order valence-electron chi connectivity index (χ3n) is 6.30. The Morgan fingerprint density at radius 3 is 2.44 bits per heavy atom. The molecule has 0 saturated carbocycles. The minimum atomic E-state index is -0.00633. The molecule has 3 N–H and O–H groups in total. The van der Waals surface area contributed by atoms with Crippen LogP contribution in [0.3, 0.4) is 0 Å². The van der Waals surface area contributed by atoms with Gasteiger partial charge in [-0.15, -0.1) is 24.0 Å². The van der Waals surface area contributed by atoms with Gasteiger partial charge in [-0.1, -0.05) is 55.8 Å². The van der Waals surface area contributed by atoms with Crippen molar-refractivity contribution in [2.45, 2.75) is 64.7 Å². The lowest BCUT2D eigenvalue weighted by Gasteiger charge is -2.38. The van der Waals surface area contributed by atoms with Gasteiger partial charge in [-0.3, -0.25) is 14.7 Å². The van der Waals surface area contributed by atoms with Gasteiger partial charge in [0.2, 0.25) is 0 Å². The van der Waals surface area contributed by atoms with Crippen molar-refractivity contribution in [3.8, 4) is 0 Å². The zero-order valence-electron chi connectivity index (χ0n) is 20.7. The topological polar surface area (TPSA) is 68.8 Å². The predicted molar refractivity (Wildman–Crippen MR) is 152 cm³/mol. The van der Waals surface area contributed by atoms with Crippen molar-refractivity contribution >= 4 is 35.8 Å². The molecule has 1 saturated heterocycles. The second-order valence-corrected chi connectivity index (χ2v) is 8.90. The fourth-order valence-electron chi connectivity index (χ4n) is 4.23. The number of piperidine rings is 1. The van der Waals surface area contributed by atoms with Crippen LogP contribution in [-0.2, 0) is 13.1 Å². The molecule has 6 nitrogen and oxygen atoms in total. The highest BCUT2D eigenvalue weighted by molar-refractivity contribution is 14.0. The zero-order valence-corrected chi connectivity index (χ0v) is 23.0. The molecule has 1 aliphatic rings. The minimum absolute atomic E-state index is 0. The number of likely N-dealkylation sites (tertiary alicyclic amines) is 1. The van der Waals surface area contributed by atoms with E-state index >= 15 is 0 Å². The third kappa shape index (κ3) is 8.91. The lowest BCUT2D eigenvalue weighted by molar-refractivity contribution is 0.0953. The largest absolute Gasteiger partial charge is 0.354 e. The Hall–Kier alpha value is -2.13. The van der Waals surface area contributed by atoms with E-state index in [1.54, 1.807) is 0 Å². The molecule has 0 aliphatic carbocycles. The summed E-state index contributed by atoms with van der Waals surface area (Å²) in [5.41, 5.74) is 3.19. The average molecular weight is 578 g/mol. The van der Waals surface area contributed by atoms with Gasteiger partial charge in [0.05, 0.1) is 0 Å². The standard InChI is InChI=1S/C27H39N5O.HI/c1-4-5-16-29-26(33)24-13-11-22(12-14-24)19-30-27(28-3)31-25-15-17-32(21(2)18-25)20-23-9-7-6-8-10-23;/h6-14,21,25H,4-5,15-20H2,1-3H3,(H,29,33)(H2,28,30,31);1H. The number of nitrogens with one attached hydrogen (secondary N) is 3. The lowest BCUT2D eigenvalue weighted by Crippen LogP contribution is -2.51. The molecule has 1 aliphatic heterocycles. The van der Waals surface area contributed by atoms with E-state index in [2.05, 4.69) is 70.0 Å². The van der Waals surface area contributed by atoms with E-state index in [0.717, 1.165) is 56.8 Å². The number of benzene rings is 2. The Morgan fingerprint density at radius 1 is 1.06 bits per heavy atom. The maximum atomic E-state index is 12.2. The van der Waals surface area contributed by atoms with Gasteiger partial charge in [0.25, 0.3) is 5.91 Å². The number of carbonyl (C=O) groups is 1. The molecule has 0 aromatic heterocycles. The summed E-state index contributed by atoms with van der Waals surface area (Å²) in [6.45, 7) is 7.91. The van der Waals surface area contributed by atoms with Crippen molar-refractivity contribution in [1.29, 1.82) is 0 Å². The molecule has 2 aromatic rings. The van der Waals surface area contributed by atoms with E-state index in [0.29, 0.717) is 24.2 Å². The summed E-state index contributed by atoms with van der Waals surface area (Å²) in [5.74, 6) is 0.818. The first-order valence-electron chi connectivity index (χ1n) is 12.2. The molecule has 2 unspecified atom stereocenters. The van der Waals surface area contributed by atoms with Gasteiger partial charge in [0.1, 0.15) is 0 Å². The van der Waals surface area contributed by atoms with Crippen LogP contribution in [-0.4, -0.2) is 49.0 Å². The van der Waals surface area contributed by atoms with Crippen LogP contribution in [0.15, 0.2) is 59.6 Å². The molecule has 1 heterocycles. The molecular formula is C27H40IN5O. The van der Waals surface area contributed by atoms with E-state index < -0.39 is 0 Å². The van der Waals surface area contributed by atoms with Crippen LogP contribution in [0.25, 0.3) is 0 Å². The van der Waals surface area contributed by atoms with Crippen molar-refractivity contribution in [3.63, 3.8) is 0 Å². The van der Waals surface area contributed by atoms with Crippen molar-refractivity contribution in [1.82, 2.24) is 20.9 Å². The molecule has 0 bridgehead atoms. The van der Waals surface area contributed by atoms with Crippen molar-refractivity contribution < 1.29 is 4.79 Å². The molecule has 2 atom stereocenters. The van der Waals surface area contributed by atoms with Crippen molar-refractivity contribution in [2.75, 3.05) is 20.1 Å². The van der Waals surface area contributed by atoms with Gasteiger partial charge < -0.3 is 16.0 Å². The quantitative estimate of drug-likeness (QED) is 0.177. The Morgan fingerprint density at radius 2 is 1.79 bits per heavy atom. The van der Waals surface area contributed by atoms with Crippen LogP contribution in [0, 0.1) is 0 Å². The van der Waals surface area contributed by atoms with Crippen molar-refractivity contribution in [3.05, 3.63) is 71.3 Å². The van der Waals surface area contributed by atoms with Gasteiger partial charge in [-0.2, -0.15) is 0 Å². The molecule has 186 valence electrons. The summed E-state index contributed by atoms with van der Waals surface area (Å²) in [7, 11) is 1.81. The van der Waals surface area contributed by atoms with Crippen LogP contribution in [0.5, 0.6) is 0 Å². The van der Waals surface area contributed by atoms with E-state index in [1.807, 2.05) is 31.3 Å². The molecule has 7 heteroatoms. The number of nitrogens with zero attached hydrogens (tertiary/aromatic N) is 2. The molecule has 2 aromatic carbocycles. The number of guanidine groups is 1. The summed E-state index contributed by atoms with van der Waals surface area (Å²) in [6, 6.07) is 19.4. The lowest BCUT2D eigenvalue weighted by atomic mass is 9.97. The Kier molecular flexibility index (Phi) is 12.4. The smallest absolute Gasteiger partial charge is 0.251 e. The fourth-order valence-corrected chi connectivity index (χ4v) is 4.23. The predicted octanol–water partition coefficient (Wildman–Crippen LogP) is 4.55. The average Bonchev–Trinajstić information content (AvgIpc) is 2.84. The van der Waals surface area contributed by atoms with Crippen LogP contribution in [0.4, 0.5) is 0 Å². The van der Waals surface area contributed by atoms with Gasteiger partial charge in [-0.05, 0) is 49.4 Å². The Bertz CT molecular complexity index is 888. The van der Waals surface area contributed by atoms with E-state index in [-0.39, 0.29) is 29.9 Å². The number of halogens is 1. The molecule has 1 fully saturated rings. The maximum absolute atomic E-state index is 12.2. The van der Waals surface area contributed by atoms with E-state index in [1.165, 1.54) is 5.56 Å².